The van der Waals surface area contributed by atoms with Crippen LogP contribution in [0.15, 0.2) is 23.8 Å². The van der Waals surface area contributed by atoms with Crippen LogP contribution in [0.5, 0.6) is 5.75 Å². The zero-order chi connectivity index (χ0) is 15.7. The number of carboxylic acids is 1. The van der Waals surface area contributed by atoms with Gasteiger partial charge in [0.25, 0.3) is 5.91 Å². The molecule has 22 heavy (non-hydrogen) atoms. The lowest BCUT2D eigenvalue weighted by Gasteiger charge is -2.32. The number of carbonyl (C=O) groups is 2. The van der Waals surface area contributed by atoms with Gasteiger partial charge in [-0.25, -0.2) is 4.79 Å². The Balaban J connectivity index is 1.79. The number of halogens is 1. The van der Waals surface area contributed by atoms with E-state index >= 15 is 0 Å². The molecule has 0 aromatic heterocycles. The molecular weight excluding hydrogens is 310 g/mol. The minimum Gasteiger partial charge on any atom is -0.488 e. The smallest absolute Gasteiger partial charge is 0.334 e. The predicted molar refractivity (Wildman–Crippen MR) is 78.9 cm³/mol. The summed E-state index contributed by atoms with van der Waals surface area (Å²) in [4.78, 5) is 25.0. The summed E-state index contributed by atoms with van der Waals surface area (Å²) in [5.41, 5.74) is 1.21. The summed E-state index contributed by atoms with van der Waals surface area (Å²) in [6.45, 7) is 0.762. The topological polar surface area (TPSA) is 76.1 Å². The minimum atomic E-state index is -1.07. The first-order valence-electron chi connectivity index (χ1n) is 6.81. The summed E-state index contributed by atoms with van der Waals surface area (Å²) >= 11 is 5.94. The second-order valence-electron chi connectivity index (χ2n) is 5.09. The molecule has 1 atom stereocenters. The highest BCUT2D eigenvalue weighted by molar-refractivity contribution is 6.30. The first-order valence-corrected chi connectivity index (χ1v) is 7.19. The Kier molecular flexibility index (Phi) is 4.04. The molecule has 0 radical (unpaired) electrons. The van der Waals surface area contributed by atoms with Crippen molar-refractivity contribution in [3.8, 4) is 5.75 Å². The summed E-state index contributed by atoms with van der Waals surface area (Å²) < 4.78 is 10.7. The predicted octanol–water partition coefficient (Wildman–Crippen LogP) is 1.43. The fourth-order valence-electron chi connectivity index (χ4n) is 2.46. The number of carboxylic acid groups (broad SMARTS) is 1. The molecule has 0 spiro atoms. The van der Waals surface area contributed by atoms with Gasteiger partial charge in [0.05, 0.1) is 18.7 Å². The monoisotopic (exact) mass is 323 g/mol. The Morgan fingerprint density at radius 3 is 2.95 bits per heavy atom. The van der Waals surface area contributed by atoms with Crippen LogP contribution in [-0.4, -0.2) is 54.3 Å². The molecule has 7 heteroatoms. The van der Waals surface area contributed by atoms with E-state index in [1.807, 2.05) is 0 Å². The van der Waals surface area contributed by atoms with Gasteiger partial charge in [-0.05, 0) is 24.3 Å². The van der Waals surface area contributed by atoms with E-state index in [0.29, 0.717) is 22.9 Å². The molecule has 1 aromatic rings. The van der Waals surface area contributed by atoms with Gasteiger partial charge in [-0.3, -0.25) is 4.79 Å². The van der Waals surface area contributed by atoms with Crippen molar-refractivity contribution >= 4 is 29.6 Å². The van der Waals surface area contributed by atoms with Crippen molar-refractivity contribution in [3.05, 3.63) is 34.4 Å². The molecule has 0 saturated carbocycles. The van der Waals surface area contributed by atoms with Gasteiger partial charge in [-0.1, -0.05) is 11.6 Å². The first kappa shape index (κ1) is 14.9. The number of nitrogens with zero attached hydrogens (tertiary/aromatic N) is 1. The first-order chi connectivity index (χ1) is 10.5. The fraction of sp³-hybridized carbons (Fsp3) is 0.333. The van der Waals surface area contributed by atoms with Gasteiger partial charge in [0, 0.05) is 17.1 Å². The van der Waals surface area contributed by atoms with E-state index in [1.165, 1.54) is 4.90 Å². The van der Waals surface area contributed by atoms with Crippen molar-refractivity contribution in [2.24, 2.45) is 0 Å². The number of fused-ring (bicyclic) bond motifs is 1. The van der Waals surface area contributed by atoms with Crippen LogP contribution in [0.25, 0.3) is 6.08 Å². The minimum absolute atomic E-state index is 0.0356. The molecule has 0 bridgehead atoms. The Hall–Kier alpha value is -2.05. The lowest BCUT2D eigenvalue weighted by atomic mass is 10.1. The van der Waals surface area contributed by atoms with Gasteiger partial charge in [0.2, 0.25) is 0 Å². The van der Waals surface area contributed by atoms with Gasteiger partial charge in [0.1, 0.15) is 12.4 Å². The maximum Gasteiger partial charge on any atom is 0.334 e. The Bertz CT molecular complexity index is 657. The van der Waals surface area contributed by atoms with E-state index < -0.39 is 12.1 Å². The number of hydrogen-bond acceptors (Lipinski definition) is 4. The van der Waals surface area contributed by atoms with E-state index in [4.69, 9.17) is 26.2 Å². The average molecular weight is 324 g/mol. The van der Waals surface area contributed by atoms with Crippen LogP contribution >= 0.6 is 11.6 Å². The largest absolute Gasteiger partial charge is 0.488 e. The Labute approximate surface area is 131 Å². The fourth-order valence-corrected chi connectivity index (χ4v) is 2.64. The highest BCUT2D eigenvalue weighted by atomic mass is 35.5. The van der Waals surface area contributed by atoms with Gasteiger partial charge in [-0.2, -0.15) is 0 Å². The molecule has 6 nitrogen and oxygen atoms in total. The highest BCUT2D eigenvalue weighted by Crippen LogP contribution is 2.29. The molecule has 3 rings (SSSR count). The van der Waals surface area contributed by atoms with Gasteiger partial charge in [-0.15, -0.1) is 0 Å². The molecule has 2 aliphatic heterocycles. The lowest BCUT2D eigenvalue weighted by Crippen LogP contribution is -2.49. The molecule has 0 unspecified atom stereocenters. The van der Waals surface area contributed by atoms with Crippen LogP contribution in [0.3, 0.4) is 0 Å². The zero-order valence-electron chi connectivity index (χ0n) is 11.6. The summed E-state index contributed by atoms with van der Waals surface area (Å²) in [5, 5.41) is 9.55. The summed E-state index contributed by atoms with van der Waals surface area (Å²) in [6.07, 6.45) is 0.753. The second kappa shape index (κ2) is 5.98. The number of carbonyl (C=O) groups excluding carboxylic acids is 1. The van der Waals surface area contributed by atoms with Crippen LogP contribution in [-0.2, 0) is 14.3 Å². The van der Waals surface area contributed by atoms with Crippen LogP contribution in [0, 0.1) is 0 Å². The van der Waals surface area contributed by atoms with Crippen molar-refractivity contribution in [2.75, 3.05) is 26.3 Å². The summed E-state index contributed by atoms with van der Waals surface area (Å²) in [5.74, 6) is -0.630. The lowest BCUT2D eigenvalue weighted by molar-refractivity contribution is -0.158. The van der Waals surface area contributed by atoms with Crippen molar-refractivity contribution < 1.29 is 24.2 Å². The SMILES string of the molecule is O=C(O)[C@H]1CN(C(=O)C2=Cc3cc(Cl)ccc3OC2)CCO1. The number of aliphatic carboxylic acids is 1. The van der Waals surface area contributed by atoms with Crippen molar-refractivity contribution in [1.29, 1.82) is 0 Å². The average Bonchev–Trinajstić information content (AvgIpc) is 2.53. The van der Waals surface area contributed by atoms with Crippen LogP contribution in [0.2, 0.25) is 5.02 Å². The molecular formula is C15H14ClNO5. The van der Waals surface area contributed by atoms with E-state index in [1.54, 1.807) is 24.3 Å². The van der Waals surface area contributed by atoms with E-state index in [-0.39, 0.29) is 25.7 Å². The number of rotatable bonds is 2. The maximum atomic E-state index is 12.5. The second-order valence-corrected chi connectivity index (χ2v) is 5.53. The van der Waals surface area contributed by atoms with Gasteiger partial charge >= 0.3 is 5.97 Å². The Morgan fingerprint density at radius 2 is 2.18 bits per heavy atom. The quantitative estimate of drug-likeness (QED) is 0.891. The van der Waals surface area contributed by atoms with E-state index in [9.17, 15) is 9.59 Å². The molecule has 2 heterocycles. The van der Waals surface area contributed by atoms with E-state index in [2.05, 4.69) is 0 Å². The molecule has 1 aromatic carbocycles. The molecule has 0 aliphatic carbocycles. The third kappa shape index (κ3) is 2.93. The van der Waals surface area contributed by atoms with E-state index in [0.717, 1.165) is 5.56 Å². The summed E-state index contributed by atoms with van der Waals surface area (Å²) in [6, 6.07) is 5.20. The molecule has 1 N–H and O–H groups in total. The van der Waals surface area contributed by atoms with Crippen LogP contribution in [0.1, 0.15) is 5.56 Å². The molecule has 2 aliphatic rings. The third-order valence-electron chi connectivity index (χ3n) is 3.59. The molecule has 1 fully saturated rings. The van der Waals surface area contributed by atoms with Gasteiger partial charge in [0.15, 0.2) is 6.10 Å². The number of ether oxygens (including phenoxy) is 2. The maximum absolute atomic E-state index is 12.5. The Morgan fingerprint density at radius 1 is 1.36 bits per heavy atom. The van der Waals surface area contributed by atoms with Crippen LogP contribution in [0.4, 0.5) is 0 Å². The van der Waals surface area contributed by atoms with Gasteiger partial charge < -0.3 is 19.5 Å². The third-order valence-corrected chi connectivity index (χ3v) is 3.82. The van der Waals surface area contributed by atoms with Crippen LogP contribution < -0.4 is 4.74 Å². The zero-order valence-corrected chi connectivity index (χ0v) is 12.4. The summed E-state index contributed by atoms with van der Waals surface area (Å²) in [7, 11) is 0. The van der Waals surface area contributed by atoms with Crippen molar-refractivity contribution in [3.63, 3.8) is 0 Å². The standard InChI is InChI=1S/C15H14ClNO5/c16-11-1-2-12-9(6-11)5-10(8-22-12)14(18)17-3-4-21-13(7-17)15(19)20/h1-2,5-6,13H,3-4,7-8H2,(H,19,20)/t13-/m1/s1. The molecule has 116 valence electrons. The number of morpholine rings is 1. The number of hydrogen-bond donors (Lipinski definition) is 1. The normalized spacial score (nSPS) is 20.7. The van der Waals surface area contributed by atoms with Crippen molar-refractivity contribution in [1.82, 2.24) is 4.90 Å². The van der Waals surface area contributed by atoms with Crippen molar-refractivity contribution in [2.45, 2.75) is 6.10 Å². The highest BCUT2D eigenvalue weighted by Gasteiger charge is 2.31. The molecule has 1 amide bonds. The number of benzene rings is 1. The number of amides is 1. The molecule has 1 saturated heterocycles.